The Labute approximate surface area is 110 Å². The molecule has 6 nitrogen and oxygen atoms in total. The van der Waals surface area contributed by atoms with E-state index >= 15 is 0 Å². The summed E-state index contributed by atoms with van der Waals surface area (Å²) in [6.07, 6.45) is -5.62. The van der Waals surface area contributed by atoms with Crippen molar-refractivity contribution in [3.63, 3.8) is 0 Å². The summed E-state index contributed by atoms with van der Waals surface area (Å²) in [5, 5.41) is 48.1. The standard InChI is InChI=1S/C13H18O6/c14-7-10(16)12(18)13(19,11(17)8-15)6-9-4-2-1-3-5-9/h1-5,7,10-12,15-19H,6,8H2/t10-,11-,12-,13-/m1/s1. The van der Waals surface area contributed by atoms with Crippen molar-refractivity contribution in [3.05, 3.63) is 35.9 Å². The van der Waals surface area contributed by atoms with Gasteiger partial charge in [-0.15, -0.1) is 0 Å². The van der Waals surface area contributed by atoms with Gasteiger partial charge in [-0.1, -0.05) is 30.3 Å². The Balaban J connectivity index is 3.02. The fourth-order valence-electron chi connectivity index (χ4n) is 1.87. The van der Waals surface area contributed by atoms with Gasteiger partial charge in [0.25, 0.3) is 0 Å². The summed E-state index contributed by atoms with van der Waals surface area (Å²) in [6.45, 7) is -0.814. The third kappa shape index (κ3) is 3.59. The van der Waals surface area contributed by atoms with E-state index in [1.807, 2.05) is 0 Å². The number of aliphatic hydroxyl groups excluding tert-OH is 4. The molecule has 1 aromatic rings. The van der Waals surface area contributed by atoms with Crippen molar-refractivity contribution in [1.29, 1.82) is 0 Å². The van der Waals surface area contributed by atoms with Gasteiger partial charge in [0.05, 0.1) is 6.61 Å². The summed E-state index contributed by atoms with van der Waals surface area (Å²) in [5.74, 6) is 0. The maximum absolute atomic E-state index is 10.5. The number of aldehydes is 1. The molecule has 4 atom stereocenters. The van der Waals surface area contributed by atoms with Crippen molar-refractivity contribution >= 4 is 6.29 Å². The molecule has 0 aliphatic rings. The van der Waals surface area contributed by atoms with E-state index in [4.69, 9.17) is 5.11 Å². The van der Waals surface area contributed by atoms with Crippen LogP contribution in [-0.4, -0.2) is 62.3 Å². The highest BCUT2D eigenvalue weighted by atomic mass is 16.4. The highest BCUT2D eigenvalue weighted by Gasteiger charge is 2.45. The minimum absolute atomic E-state index is 0.0602. The minimum atomic E-state index is -2.23. The number of carbonyl (C=O) groups is 1. The number of rotatable bonds is 7. The van der Waals surface area contributed by atoms with Crippen LogP contribution in [0.4, 0.5) is 0 Å². The highest BCUT2D eigenvalue weighted by Crippen LogP contribution is 2.24. The van der Waals surface area contributed by atoms with Crippen LogP contribution in [0.15, 0.2) is 30.3 Å². The topological polar surface area (TPSA) is 118 Å². The first kappa shape index (κ1) is 15.7. The first-order valence-corrected chi connectivity index (χ1v) is 5.82. The van der Waals surface area contributed by atoms with Crippen LogP contribution in [0.3, 0.4) is 0 Å². The molecule has 19 heavy (non-hydrogen) atoms. The number of aliphatic hydroxyl groups is 5. The van der Waals surface area contributed by atoms with E-state index in [1.54, 1.807) is 30.3 Å². The summed E-state index contributed by atoms with van der Waals surface area (Å²) in [4.78, 5) is 10.5. The second-order valence-corrected chi connectivity index (χ2v) is 4.42. The number of hydrogen-bond acceptors (Lipinski definition) is 6. The molecular formula is C13H18O6. The van der Waals surface area contributed by atoms with Crippen LogP contribution in [0.5, 0.6) is 0 Å². The smallest absolute Gasteiger partial charge is 0.151 e. The Hall–Kier alpha value is -1.31. The van der Waals surface area contributed by atoms with Gasteiger partial charge in [0.15, 0.2) is 6.29 Å². The normalized spacial score (nSPS) is 19.2. The third-order valence-electron chi connectivity index (χ3n) is 3.06. The molecule has 0 saturated heterocycles. The van der Waals surface area contributed by atoms with E-state index in [9.17, 15) is 25.2 Å². The zero-order valence-corrected chi connectivity index (χ0v) is 10.3. The molecule has 0 saturated carbocycles. The van der Waals surface area contributed by atoms with Crippen LogP contribution in [-0.2, 0) is 11.2 Å². The van der Waals surface area contributed by atoms with Crippen molar-refractivity contribution in [2.45, 2.75) is 30.3 Å². The van der Waals surface area contributed by atoms with Crippen LogP contribution in [0.25, 0.3) is 0 Å². The zero-order valence-electron chi connectivity index (χ0n) is 10.3. The van der Waals surface area contributed by atoms with E-state index in [2.05, 4.69) is 0 Å². The Morgan fingerprint density at radius 2 is 1.74 bits per heavy atom. The summed E-state index contributed by atoms with van der Waals surface area (Å²) < 4.78 is 0. The molecule has 0 unspecified atom stereocenters. The van der Waals surface area contributed by atoms with Gasteiger partial charge < -0.3 is 30.3 Å². The summed E-state index contributed by atoms with van der Waals surface area (Å²) in [5.41, 5.74) is -1.65. The Morgan fingerprint density at radius 3 is 2.21 bits per heavy atom. The Bertz CT molecular complexity index is 395. The molecule has 0 amide bonds. The Morgan fingerprint density at radius 1 is 1.16 bits per heavy atom. The van der Waals surface area contributed by atoms with Gasteiger partial charge in [-0.05, 0) is 5.56 Å². The van der Waals surface area contributed by atoms with E-state index in [0.29, 0.717) is 5.56 Å². The minimum Gasteiger partial charge on any atom is -0.394 e. The molecule has 0 heterocycles. The quantitative estimate of drug-likeness (QED) is 0.374. The fourth-order valence-corrected chi connectivity index (χ4v) is 1.87. The average molecular weight is 270 g/mol. The van der Waals surface area contributed by atoms with Crippen molar-refractivity contribution in [3.8, 4) is 0 Å². The maximum Gasteiger partial charge on any atom is 0.151 e. The lowest BCUT2D eigenvalue weighted by atomic mass is 9.82. The average Bonchev–Trinajstić information content (AvgIpc) is 2.45. The fraction of sp³-hybridized carbons (Fsp3) is 0.462. The van der Waals surface area contributed by atoms with E-state index < -0.39 is 30.5 Å². The summed E-state index contributed by atoms with van der Waals surface area (Å²) in [7, 11) is 0. The van der Waals surface area contributed by atoms with Gasteiger partial charge in [0, 0.05) is 6.42 Å². The summed E-state index contributed by atoms with van der Waals surface area (Å²) in [6, 6.07) is 8.44. The molecule has 0 aromatic heterocycles. The van der Waals surface area contributed by atoms with Crippen LogP contribution < -0.4 is 0 Å². The molecule has 0 aliphatic heterocycles. The van der Waals surface area contributed by atoms with Crippen LogP contribution >= 0.6 is 0 Å². The molecule has 1 aromatic carbocycles. The lowest BCUT2D eigenvalue weighted by Crippen LogP contribution is -2.59. The van der Waals surface area contributed by atoms with Crippen LogP contribution in [0, 0.1) is 0 Å². The monoisotopic (exact) mass is 270 g/mol. The molecular weight excluding hydrogens is 252 g/mol. The van der Waals surface area contributed by atoms with Gasteiger partial charge >= 0.3 is 0 Å². The third-order valence-corrected chi connectivity index (χ3v) is 3.06. The lowest BCUT2D eigenvalue weighted by Gasteiger charge is -2.37. The summed E-state index contributed by atoms with van der Waals surface area (Å²) >= 11 is 0. The van der Waals surface area contributed by atoms with E-state index in [0.717, 1.165) is 0 Å². The lowest BCUT2D eigenvalue weighted by molar-refractivity contribution is -0.183. The number of carbonyl (C=O) groups excluding carboxylic acids is 1. The van der Waals surface area contributed by atoms with Gasteiger partial charge in [-0.2, -0.15) is 0 Å². The molecule has 0 spiro atoms. The highest BCUT2D eigenvalue weighted by molar-refractivity contribution is 5.57. The van der Waals surface area contributed by atoms with E-state index in [1.165, 1.54) is 0 Å². The van der Waals surface area contributed by atoms with Gasteiger partial charge in [-0.25, -0.2) is 0 Å². The predicted molar refractivity (Wildman–Crippen MR) is 66.3 cm³/mol. The molecule has 0 fully saturated rings. The molecule has 106 valence electrons. The SMILES string of the molecule is O=C[C@@H](O)[C@@H](O)[C@@](O)(Cc1ccccc1)[C@H](O)CO. The predicted octanol–water partition coefficient (Wildman–Crippen LogP) is -1.77. The first-order valence-electron chi connectivity index (χ1n) is 5.82. The second-order valence-electron chi connectivity index (χ2n) is 4.42. The second kappa shape index (κ2) is 6.74. The zero-order chi connectivity index (χ0) is 14.5. The Kier molecular flexibility index (Phi) is 5.59. The molecule has 0 bridgehead atoms. The van der Waals surface area contributed by atoms with E-state index in [-0.39, 0.29) is 12.7 Å². The van der Waals surface area contributed by atoms with Crippen molar-refractivity contribution < 1.29 is 30.3 Å². The molecule has 0 radical (unpaired) electrons. The van der Waals surface area contributed by atoms with Gasteiger partial charge in [0.1, 0.15) is 23.9 Å². The molecule has 6 heteroatoms. The van der Waals surface area contributed by atoms with Gasteiger partial charge in [0.2, 0.25) is 0 Å². The van der Waals surface area contributed by atoms with Crippen LogP contribution in [0.2, 0.25) is 0 Å². The van der Waals surface area contributed by atoms with Crippen molar-refractivity contribution in [1.82, 2.24) is 0 Å². The number of hydrogen-bond donors (Lipinski definition) is 5. The largest absolute Gasteiger partial charge is 0.394 e. The van der Waals surface area contributed by atoms with Crippen molar-refractivity contribution in [2.24, 2.45) is 0 Å². The first-order chi connectivity index (χ1) is 8.95. The maximum atomic E-state index is 10.5. The van der Waals surface area contributed by atoms with Crippen molar-refractivity contribution in [2.75, 3.05) is 6.61 Å². The molecule has 0 aliphatic carbocycles. The van der Waals surface area contributed by atoms with Crippen LogP contribution in [0.1, 0.15) is 5.56 Å². The number of benzene rings is 1. The molecule has 1 rings (SSSR count). The van der Waals surface area contributed by atoms with Gasteiger partial charge in [-0.3, -0.25) is 0 Å². The molecule has 5 N–H and O–H groups in total.